The van der Waals surface area contributed by atoms with Crippen molar-refractivity contribution in [2.45, 2.75) is 27.2 Å². The van der Waals surface area contributed by atoms with Gasteiger partial charge in [0, 0.05) is 15.9 Å². The Kier molecular flexibility index (Phi) is 8.19. The third kappa shape index (κ3) is 7.09. The number of rotatable bonds is 7. The first-order chi connectivity index (χ1) is 13.2. The highest BCUT2D eigenvalue weighted by molar-refractivity contribution is 9.11. The highest BCUT2D eigenvalue weighted by atomic mass is 79.9. The number of hydrogen-bond acceptors (Lipinski definition) is 4. The van der Waals surface area contributed by atoms with Crippen LogP contribution in [0, 0.1) is 13.8 Å². The van der Waals surface area contributed by atoms with Gasteiger partial charge in [-0.1, -0.05) is 33.6 Å². The molecule has 2 N–H and O–H groups in total. The normalized spacial score (nSPS) is 11.1. The number of benzene rings is 2. The van der Waals surface area contributed by atoms with Crippen LogP contribution in [0.5, 0.6) is 5.75 Å². The number of nitrogens with one attached hydrogen (secondary N) is 2. The largest absolute Gasteiger partial charge is 0.483 e. The summed E-state index contributed by atoms with van der Waals surface area (Å²) in [5.74, 6) is -0.0512. The molecule has 0 aromatic heterocycles. The van der Waals surface area contributed by atoms with Gasteiger partial charge in [-0.3, -0.25) is 9.59 Å². The minimum absolute atomic E-state index is 0.0759. The molecule has 0 aliphatic heterocycles. The molecular weight excluding hydrogens is 490 g/mol. The van der Waals surface area contributed by atoms with Crippen molar-refractivity contribution >= 4 is 55.1 Å². The molecule has 148 valence electrons. The van der Waals surface area contributed by atoms with E-state index in [4.69, 9.17) is 4.74 Å². The van der Waals surface area contributed by atoms with Crippen LogP contribution >= 0.6 is 31.9 Å². The van der Waals surface area contributed by atoms with Crippen molar-refractivity contribution in [1.82, 2.24) is 5.43 Å². The summed E-state index contributed by atoms with van der Waals surface area (Å²) in [6.07, 6.45) is 0.0759. The second-order valence-corrected chi connectivity index (χ2v) is 8.00. The van der Waals surface area contributed by atoms with Crippen molar-refractivity contribution in [3.8, 4) is 5.75 Å². The predicted molar refractivity (Wildman–Crippen MR) is 118 cm³/mol. The van der Waals surface area contributed by atoms with E-state index in [-0.39, 0.29) is 18.9 Å². The molecule has 0 aliphatic carbocycles. The number of anilines is 1. The van der Waals surface area contributed by atoms with Gasteiger partial charge in [-0.2, -0.15) is 5.10 Å². The number of hydrogen-bond donors (Lipinski definition) is 2. The monoisotopic (exact) mass is 509 g/mol. The average molecular weight is 511 g/mol. The third-order valence-corrected chi connectivity index (χ3v) is 5.17. The van der Waals surface area contributed by atoms with E-state index in [9.17, 15) is 9.59 Å². The molecule has 2 aromatic carbocycles. The van der Waals surface area contributed by atoms with Gasteiger partial charge in [-0.15, -0.1) is 0 Å². The van der Waals surface area contributed by atoms with E-state index in [1.807, 2.05) is 50.2 Å². The van der Waals surface area contributed by atoms with Crippen LogP contribution in [0.4, 0.5) is 5.69 Å². The first-order valence-corrected chi connectivity index (χ1v) is 10.1. The molecule has 6 nitrogen and oxygen atoms in total. The zero-order valence-corrected chi connectivity index (χ0v) is 19.0. The zero-order valence-electron chi connectivity index (χ0n) is 15.8. The SMILES string of the molecule is C/C(CC(=O)Nc1ccc(C)cc1)=N/NC(=O)COc1cc(C)c(Br)cc1Br. The predicted octanol–water partition coefficient (Wildman–Crippen LogP) is 4.73. The van der Waals surface area contributed by atoms with Crippen LogP contribution < -0.4 is 15.5 Å². The van der Waals surface area contributed by atoms with Crippen LogP contribution in [0.25, 0.3) is 0 Å². The van der Waals surface area contributed by atoms with Crippen molar-refractivity contribution in [2.24, 2.45) is 5.10 Å². The Labute approximate surface area is 181 Å². The minimum atomic E-state index is -0.411. The maximum absolute atomic E-state index is 12.0. The number of halogens is 2. The topological polar surface area (TPSA) is 79.8 Å². The molecule has 2 amide bonds. The summed E-state index contributed by atoms with van der Waals surface area (Å²) in [5.41, 5.74) is 5.71. The third-order valence-electron chi connectivity index (χ3n) is 3.70. The smallest absolute Gasteiger partial charge is 0.277 e. The molecule has 0 atom stereocenters. The second kappa shape index (κ2) is 10.4. The number of amides is 2. The molecule has 28 heavy (non-hydrogen) atoms. The number of nitrogens with zero attached hydrogens (tertiary/aromatic N) is 1. The first-order valence-electron chi connectivity index (χ1n) is 8.51. The summed E-state index contributed by atoms with van der Waals surface area (Å²) in [5, 5.41) is 6.73. The number of hydrazone groups is 1. The Balaban J connectivity index is 1.80. The lowest BCUT2D eigenvalue weighted by Gasteiger charge is -2.10. The van der Waals surface area contributed by atoms with Gasteiger partial charge in [-0.25, -0.2) is 5.43 Å². The number of ether oxygens (including phenoxy) is 1. The molecule has 2 aromatic rings. The lowest BCUT2D eigenvalue weighted by Crippen LogP contribution is -2.26. The van der Waals surface area contributed by atoms with Gasteiger partial charge < -0.3 is 10.1 Å². The molecule has 0 heterocycles. The molecule has 0 spiro atoms. The van der Waals surface area contributed by atoms with Gasteiger partial charge in [0.1, 0.15) is 5.75 Å². The summed E-state index contributed by atoms with van der Waals surface area (Å²) in [6.45, 7) is 5.39. The maximum atomic E-state index is 12.0. The highest BCUT2D eigenvalue weighted by Gasteiger charge is 2.09. The van der Waals surface area contributed by atoms with Gasteiger partial charge in [-0.05, 0) is 66.5 Å². The minimum Gasteiger partial charge on any atom is -0.483 e. The van der Waals surface area contributed by atoms with Crippen LogP contribution in [-0.2, 0) is 9.59 Å². The highest BCUT2D eigenvalue weighted by Crippen LogP contribution is 2.31. The summed E-state index contributed by atoms with van der Waals surface area (Å²) >= 11 is 6.82. The van der Waals surface area contributed by atoms with Crippen molar-refractivity contribution in [1.29, 1.82) is 0 Å². The van der Waals surface area contributed by atoms with Crippen LogP contribution in [0.15, 0.2) is 50.4 Å². The summed E-state index contributed by atoms with van der Waals surface area (Å²) in [4.78, 5) is 23.9. The van der Waals surface area contributed by atoms with Gasteiger partial charge in [0.2, 0.25) is 5.91 Å². The second-order valence-electron chi connectivity index (χ2n) is 6.29. The Bertz CT molecular complexity index is 896. The molecule has 0 radical (unpaired) electrons. The van der Waals surface area contributed by atoms with E-state index >= 15 is 0 Å². The number of aryl methyl sites for hydroxylation is 2. The Morgan fingerprint density at radius 2 is 1.71 bits per heavy atom. The summed E-state index contributed by atoms with van der Waals surface area (Å²) in [6, 6.07) is 11.2. The van der Waals surface area contributed by atoms with Crippen molar-refractivity contribution in [2.75, 3.05) is 11.9 Å². The lowest BCUT2D eigenvalue weighted by atomic mass is 10.2. The average Bonchev–Trinajstić information content (AvgIpc) is 2.63. The molecule has 0 saturated heterocycles. The van der Waals surface area contributed by atoms with E-state index in [1.165, 1.54) is 0 Å². The van der Waals surface area contributed by atoms with Crippen LogP contribution in [0.1, 0.15) is 24.5 Å². The molecular formula is C20H21Br2N3O3. The van der Waals surface area contributed by atoms with Crippen LogP contribution in [-0.4, -0.2) is 24.1 Å². The van der Waals surface area contributed by atoms with Gasteiger partial charge >= 0.3 is 0 Å². The van der Waals surface area contributed by atoms with E-state index in [2.05, 4.69) is 47.7 Å². The van der Waals surface area contributed by atoms with Crippen molar-refractivity contribution in [3.63, 3.8) is 0 Å². The van der Waals surface area contributed by atoms with Crippen LogP contribution in [0.3, 0.4) is 0 Å². The van der Waals surface area contributed by atoms with Gasteiger partial charge in [0.25, 0.3) is 5.91 Å². The molecule has 0 bridgehead atoms. The standard InChI is InChI=1S/C20H21Br2N3O3/c1-12-4-6-15(7-5-12)23-19(26)9-14(3)24-25-20(27)11-28-18-8-13(2)16(21)10-17(18)22/h4-8,10H,9,11H2,1-3H3,(H,23,26)(H,25,27)/b24-14-. The van der Waals surface area contributed by atoms with E-state index < -0.39 is 5.91 Å². The van der Waals surface area contributed by atoms with E-state index in [0.29, 0.717) is 11.5 Å². The van der Waals surface area contributed by atoms with Crippen LogP contribution in [0.2, 0.25) is 0 Å². The van der Waals surface area contributed by atoms with Crippen molar-refractivity contribution < 1.29 is 14.3 Å². The Morgan fingerprint density at radius 1 is 1.04 bits per heavy atom. The number of carbonyl (C=O) groups is 2. The maximum Gasteiger partial charge on any atom is 0.277 e. The molecule has 2 rings (SSSR count). The Hall–Kier alpha value is -2.19. The Morgan fingerprint density at radius 3 is 2.39 bits per heavy atom. The summed E-state index contributed by atoms with van der Waals surface area (Å²) in [7, 11) is 0. The molecule has 8 heteroatoms. The fourth-order valence-corrected chi connectivity index (χ4v) is 3.30. The summed E-state index contributed by atoms with van der Waals surface area (Å²) < 4.78 is 7.19. The molecule has 0 unspecified atom stereocenters. The quantitative estimate of drug-likeness (QED) is 0.417. The molecule has 0 aliphatic rings. The van der Waals surface area contributed by atoms with Gasteiger partial charge in [0.15, 0.2) is 6.61 Å². The number of carbonyl (C=O) groups excluding carboxylic acids is 2. The van der Waals surface area contributed by atoms with E-state index in [0.717, 1.165) is 25.8 Å². The fourth-order valence-electron chi connectivity index (χ4n) is 2.19. The van der Waals surface area contributed by atoms with E-state index in [1.54, 1.807) is 6.92 Å². The first kappa shape index (κ1) is 22.1. The molecule has 0 fully saturated rings. The van der Waals surface area contributed by atoms with Crippen molar-refractivity contribution in [3.05, 3.63) is 56.5 Å². The lowest BCUT2D eigenvalue weighted by molar-refractivity contribution is -0.123. The fraction of sp³-hybridized carbons (Fsp3) is 0.250. The molecule has 0 saturated carbocycles. The zero-order chi connectivity index (χ0) is 20.7. The van der Waals surface area contributed by atoms with Gasteiger partial charge in [0.05, 0.1) is 10.9 Å².